The molecule has 0 spiro atoms. The lowest BCUT2D eigenvalue weighted by Crippen LogP contribution is -2.04. The van der Waals surface area contributed by atoms with Gasteiger partial charge in [0.05, 0.1) is 23.2 Å². The van der Waals surface area contributed by atoms with Crippen molar-refractivity contribution in [1.29, 1.82) is 0 Å². The minimum absolute atomic E-state index is 0.517. The first-order valence-electron chi connectivity index (χ1n) is 11.0. The molecule has 0 saturated carbocycles. The maximum absolute atomic E-state index is 6.10. The van der Waals surface area contributed by atoms with E-state index in [1.54, 1.807) is 18.6 Å². The maximum atomic E-state index is 6.10. The van der Waals surface area contributed by atoms with Gasteiger partial charge < -0.3 is 10.5 Å². The van der Waals surface area contributed by atoms with Crippen LogP contribution in [0.1, 0.15) is 11.1 Å². The molecule has 5 rings (SSSR count). The normalized spacial score (nSPS) is 10.9. The SMILES string of the molecule is NCc1ccc(-c2nc3ccnc(OCCc4ccncc4)c3cc2-c2ccccc2)cc1. The van der Waals surface area contributed by atoms with E-state index in [1.165, 1.54) is 5.56 Å². The fraction of sp³-hybridized carbons (Fsp3) is 0.107. The highest BCUT2D eigenvalue weighted by atomic mass is 16.5. The molecule has 0 unspecified atom stereocenters. The van der Waals surface area contributed by atoms with Crippen LogP contribution in [0.5, 0.6) is 5.88 Å². The maximum Gasteiger partial charge on any atom is 0.222 e. The van der Waals surface area contributed by atoms with Crippen molar-refractivity contribution in [2.45, 2.75) is 13.0 Å². The van der Waals surface area contributed by atoms with Gasteiger partial charge in [0.1, 0.15) is 0 Å². The zero-order valence-electron chi connectivity index (χ0n) is 18.2. The highest BCUT2D eigenvalue weighted by Gasteiger charge is 2.14. The average molecular weight is 433 g/mol. The van der Waals surface area contributed by atoms with E-state index in [-0.39, 0.29) is 0 Å². The number of aromatic nitrogens is 3. The number of pyridine rings is 3. The Morgan fingerprint density at radius 1 is 0.758 bits per heavy atom. The molecule has 0 aliphatic heterocycles. The third kappa shape index (κ3) is 4.59. The summed E-state index contributed by atoms with van der Waals surface area (Å²) in [6.45, 7) is 1.04. The summed E-state index contributed by atoms with van der Waals surface area (Å²) >= 11 is 0. The van der Waals surface area contributed by atoms with Gasteiger partial charge in [-0.2, -0.15) is 0 Å². The topological polar surface area (TPSA) is 73.9 Å². The first-order chi connectivity index (χ1) is 16.3. The van der Waals surface area contributed by atoms with E-state index in [4.69, 9.17) is 15.5 Å². The van der Waals surface area contributed by atoms with Crippen molar-refractivity contribution >= 4 is 10.9 Å². The molecule has 3 heterocycles. The van der Waals surface area contributed by atoms with Gasteiger partial charge in [-0.05, 0) is 41.0 Å². The summed E-state index contributed by atoms with van der Waals surface area (Å²) in [4.78, 5) is 13.6. The molecule has 0 bridgehead atoms. The second-order valence-corrected chi connectivity index (χ2v) is 7.79. The van der Waals surface area contributed by atoms with Crippen molar-refractivity contribution in [2.24, 2.45) is 5.73 Å². The van der Waals surface area contributed by atoms with E-state index in [0.717, 1.165) is 45.3 Å². The molecule has 0 radical (unpaired) electrons. The molecule has 2 N–H and O–H groups in total. The van der Waals surface area contributed by atoms with Gasteiger partial charge in [-0.15, -0.1) is 0 Å². The van der Waals surface area contributed by atoms with E-state index in [2.05, 4.69) is 52.4 Å². The quantitative estimate of drug-likeness (QED) is 0.371. The predicted molar refractivity (Wildman–Crippen MR) is 132 cm³/mol. The fourth-order valence-corrected chi connectivity index (χ4v) is 3.86. The van der Waals surface area contributed by atoms with Crippen molar-refractivity contribution < 1.29 is 4.74 Å². The van der Waals surface area contributed by atoms with Crippen LogP contribution in [0.4, 0.5) is 0 Å². The van der Waals surface area contributed by atoms with Crippen molar-refractivity contribution in [3.63, 3.8) is 0 Å². The van der Waals surface area contributed by atoms with Crippen LogP contribution in [0.25, 0.3) is 33.3 Å². The Labute approximate surface area is 192 Å². The van der Waals surface area contributed by atoms with Gasteiger partial charge in [-0.25, -0.2) is 9.97 Å². The van der Waals surface area contributed by atoms with Crippen molar-refractivity contribution in [2.75, 3.05) is 6.61 Å². The summed E-state index contributed by atoms with van der Waals surface area (Å²) in [5.74, 6) is 0.594. The highest BCUT2D eigenvalue weighted by molar-refractivity contribution is 5.93. The fourth-order valence-electron chi connectivity index (χ4n) is 3.86. The molecule has 0 aliphatic rings. The first kappa shape index (κ1) is 20.8. The van der Waals surface area contributed by atoms with Crippen molar-refractivity contribution in [1.82, 2.24) is 15.0 Å². The van der Waals surface area contributed by atoms with Crippen LogP contribution in [0.15, 0.2) is 97.5 Å². The first-order valence-corrected chi connectivity index (χ1v) is 11.0. The number of nitrogens with two attached hydrogens (primary N) is 1. The Kier molecular flexibility index (Phi) is 6.04. The minimum Gasteiger partial charge on any atom is -0.477 e. The molecule has 2 aromatic carbocycles. The number of rotatable bonds is 7. The molecular weight excluding hydrogens is 408 g/mol. The van der Waals surface area contributed by atoms with Gasteiger partial charge in [0.15, 0.2) is 0 Å². The number of benzene rings is 2. The Morgan fingerprint density at radius 3 is 2.30 bits per heavy atom. The highest BCUT2D eigenvalue weighted by Crippen LogP contribution is 2.35. The summed E-state index contributed by atoms with van der Waals surface area (Å²) in [7, 11) is 0. The standard InChI is InChI=1S/C28H24N4O/c29-19-21-6-8-23(9-7-21)27-24(22-4-2-1-3-5-22)18-25-26(32-27)12-16-31-28(25)33-17-13-20-10-14-30-15-11-20/h1-12,14-16,18H,13,17,19,29H2. The lowest BCUT2D eigenvalue weighted by atomic mass is 9.97. The largest absolute Gasteiger partial charge is 0.477 e. The molecule has 0 fully saturated rings. The monoisotopic (exact) mass is 432 g/mol. The van der Waals surface area contributed by atoms with E-state index in [0.29, 0.717) is 19.0 Å². The summed E-state index contributed by atoms with van der Waals surface area (Å²) < 4.78 is 6.10. The minimum atomic E-state index is 0.517. The molecular formula is C28H24N4O. The van der Waals surface area contributed by atoms with Crippen molar-refractivity contribution in [3.8, 4) is 28.3 Å². The number of fused-ring (bicyclic) bond motifs is 1. The van der Waals surface area contributed by atoms with E-state index >= 15 is 0 Å². The van der Waals surface area contributed by atoms with Crippen LogP contribution < -0.4 is 10.5 Å². The molecule has 5 heteroatoms. The van der Waals surface area contributed by atoms with Crippen LogP contribution in [0.2, 0.25) is 0 Å². The number of nitrogens with zero attached hydrogens (tertiary/aromatic N) is 3. The van der Waals surface area contributed by atoms with E-state index < -0.39 is 0 Å². The third-order valence-electron chi connectivity index (χ3n) is 5.63. The second kappa shape index (κ2) is 9.59. The van der Waals surface area contributed by atoms with Gasteiger partial charge >= 0.3 is 0 Å². The van der Waals surface area contributed by atoms with Crippen LogP contribution >= 0.6 is 0 Å². The predicted octanol–water partition coefficient (Wildman–Crippen LogP) is 5.44. The smallest absolute Gasteiger partial charge is 0.222 e. The molecule has 5 nitrogen and oxygen atoms in total. The summed E-state index contributed by atoms with van der Waals surface area (Å²) in [5.41, 5.74) is 13.0. The lowest BCUT2D eigenvalue weighted by molar-refractivity contribution is 0.313. The number of ether oxygens (including phenoxy) is 1. The van der Waals surface area contributed by atoms with Crippen LogP contribution in [-0.4, -0.2) is 21.6 Å². The summed E-state index contributed by atoms with van der Waals surface area (Å²) in [6.07, 6.45) is 6.12. The van der Waals surface area contributed by atoms with Crippen LogP contribution in [0, 0.1) is 0 Å². The summed E-state index contributed by atoms with van der Waals surface area (Å²) in [6, 6.07) is 26.6. The summed E-state index contributed by atoms with van der Waals surface area (Å²) in [5, 5.41) is 0.897. The average Bonchev–Trinajstić information content (AvgIpc) is 2.89. The van der Waals surface area contributed by atoms with Gasteiger partial charge in [-0.3, -0.25) is 4.98 Å². The molecule has 0 aliphatic carbocycles. The zero-order chi connectivity index (χ0) is 22.5. The molecule has 5 aromatic rings. The van der Waals surface area contributed by atoms with Crippen molar-refractivity contribution in [3.05, 3.63) is 109 Å². The van der Waals surface area contributed by atoms with Gasteiger partial charge in [-0.1, -0.05) is 54.6 Å². The Bertz CT molecular complexity index is 1350. The van der Waals surface area contributed by atoms with Gasteiger partial charge in [0, 0.05) is 42.7 Å². The van der Waals surface area contributed by atoms with Gasteiger partial charge in [0.25, 0.3) is 0 Å². The molecule has 3 aromatic heterocycles. The lowest BCUT2D eigenvalue weighted by Gasteiger charge is -2.14. The Morgan fingerprint density at radius 2 is 1.55 bits per heavy atom. The molecule has 0 amide bonds. The molecule has 0 saturated heterocycles. The van der Waals surface area contributed by atoms with Crippen LogP contribution in [0.3, 0.4) is 0 Å². The number of hydrogen-bond acceptors (Lipinski definition) is 5. The third-order valence-corrected chi connectivity index (χ3v) is 5.63. The van der Waals surface area contributed by atoms with E-state index in [1.807, 2.05) is 36.4 Å². The molecule has 33 heavy (non-hydrogen) atoms. The molecule has 0 atom stereocenters. The number of hydrogen-bond donors (Lipinski definition) is 1. The Hall–Kier alpha value is -4.09. The van der Waals surface area contributed by atoms with E-state index in [9.17, 15) is 0 Å². The second-order valence-electron chi connectivity index (χ2n) is 7.79. The molecule has 162 valence electrons. The van der Waals surface area contributed by atoms with Crippen LogP contribution in [-0.2, 0) is 13.0 Å². The Balaban J connectivity index is 1.56. The zero-order valence-corrected chi connectivity index (χ0v) is 18.2. The van der Waals surface area contributed by atoms with Gasteiger partial charge in [0.2, 0.25) is 5.88 Å².